The number of hydrogen-bond acceptors (Lipinski definition) is 2. The van der Waals surface area contributed by atoms with Gasteiger partial charge in [-0.1, -0.05) is 37.5 Å². The zero-order valence-corrected chi connectivity index (χ0v) is 10.9. The Balaban J connectivity index is 2.10. The first-order valence-electron chi connectivity index (χ1n) is 6.84. The number of hydrogen-bond donors (Lipinski definition) is 1. The summed E-state index contributed by atoms with van der Waals surface area (Å²) in [6, 6.07) is 6.56. The van der Waals surface area contributed by atoms with Gasteiger partial charge in [0.2, 0.25) is 0 Å². The lowest BCUT2D eigenvalue weighted by molar-refractivity contribution is -0.0421. The molecule has 0 amide bonds. The molecular formula is C15H22FNO. The highest BCUT2D eigenvalue weighted by atomic mass is 19.1. The largest absolute Gasteiger partial charge is 0.369 e. The zero-order valence-electron chi connectivity index (χ0n) is 10.9. The van der Waals surface area contributed by atoms with Crippen LogP contribution >= 0.6 is 0 Å². The molecule has 2 nitrogen and oxygen atoms in total. The molecule has 1 aromatic carbocycles. The van der Waals surface area contributed by atoms with Crippen molar-refractivity contribution in [2.24, 2.45) is 5.73 Å². The fourth-order valence-corrected chi connectivity index (χ4v) is 2.59. The van der Waals surface area contributed by atoms with Crippen LogP contribution in [0.4, 0.5) is 4.39 Å². The van der Waals surface area contributed by atoms with E-state index in [0.29, 0.717) is 5.56 Å². The Hall–Kier alpha value is -0.930. The molecule has 100 valence electrons. The lowest BCUT2D eigenvalue weighted by atomic mass is 9.96. The van der Waals surface area contributed by atoms with Crippen LogP contribution in [0.1, 0.15) is 50.7 Å². The van der Waals surface area contributed by atoms with E-state index in [1.807, 2.05) is 13.0 Å². The fourth-order valence-electron chi connectivity index (χ4n) is 2.59. The first-order chi connectivity index (χ1) is 8.68. The molecule has 0 spiro atoms. The van der Waals surface area contributed by atoms with Gasteiger partial charge in [0, 0.05) is 11.6 Å². The molecule has 18 heavy (non-hydrogen) atoms. The molecule has 0 aromatic heterocycles. The van der Waals surface area contributed by atoms with Crippen LogP contribution in [-0.2, 0) is 4.74 Å². The van der Waals surface area contributed by atoms with Gasteiger partial charge in [-0.3, -0.25) is 0 Å². The maximum atomic E-state index is 13.8. The molecule has 2 rings (SSSR count). The van der Waals surface area contributed by atoms with Gasteiger partial charge in [-0.05, 0) is 25.8 Å². The van der Waals surface area contributed by atoms with E-state index in [0.717, 1.165) is 12.8 Å². The Kier molecular flexibility index (Phi) is 4.72. The van der Waals surface area contributed by atoms with E-state index in [-0.39, 0.29) is 24.1 Å². The third kappa shape index (κ3) is 3.30. The molecule has 1 fully saturated rings. The average Bonchev–Trinajstić information content (AvgIpc) is 2.38. The Bertz CT molecular complexity index is 375. The summed E-state index contributed by atoms with van der Waals surface area (Å²) in [5.74, 6) is -0.226. The van der Waals surface area contributed by atoms with E-state index in [4.69, 9.17) is 10.5 Å². The highest BCUT2D eigenvalue weighted by Crippen LogP contribution is 2.29. The minimum Gasteiger partial charge on any atom is -0.369 e. The van der Waals surface area contributed by atoms with Crippen LogP contribution < -0.4 is 5.73 Å². The number of halogens is 1. The number of benzene rings is 1. The minimum absolute atomic E-state index is 0.205. The maximum absolute atomic E-state index is 13.8. The summed E-state index contributed by atoms with van der Waals surface area (Å²) >= 11 is 0. The fraction of sp³-hybridized carbons (Fsp3) is 0.600. The SMILES string of the molecule is CC(N)C(OC1CCCCC1)c1ccccc1F. The van der Waals surface area contributed by atoms with Crippen LogP contribution in [0, 0.1) is 5.82 Å². The Morgan fingerprint density at radius 3 is 2.50 bits per heavy atom. The van der Waals surface area contributed by atoms with Crippen molar-refractivity contribution in [2.75, 3.05) is 0 Å². The van der Waals surface area contributed by atoms with Crippen LogP contribution in [0.5, 0.6) is 0 Å². The summed E-state index contributed by atoms with van der Waals surface area (Å²) in [4.78, 5) is 0. The Labute approximate surface area is 108 Å². The normalized spacial score (nSPS) is 20.6. The topological polar surface area (TPSA) is 35.2 Å². The second-order valence-corrected chi connectivity index (χ2v) is 5.20. The van der Waals surface area contributed by atoms with Gasteiger partial charge in [0.05, 0.1) is 6.10 Å². The summed E-state index contributed by atoms with van der Waals surface area (Å²) in [6.45, 7) is 1.87. The van der Waals surface area contributed by atoms with Crippen molar-refractivity contribution in [3.8, 4) is 0 Å². The van der Waals surface area contributed by atoms with Gasteiger partial charge >= 0.3 is 0 Å². The second kappa shape index (κ2) is 6.30. The molecule has 0 heterocycles. The van der Waals surface area contributed by atoms with Gasteiger partial charge in [0.15, 0.2) is 0 Å². The van der Waals surface area contributed by atoms with E-state index in [1.54, 1.807) is 12.1 Å². The van der Waals surface area contributed by atoms with Crippen molar-refractivity contribution in [1.82, 2.24) is 0 Å². The molecule has 2 atom stereocenters. The second-order valence-electron chi connectivity index (χ2n) is 5.20. The highest BCUT2D eigenvalue weighted by molar-refractivity contribution is 5.21. The summed E-state index contributed by atoms with van der Waals surface area (Å²) in [6.07, 6.45) is 5.71. The van der Waals surface area contributed by atoms with Crippen molar-refractivity contribution < 1.29 is 9.13 Å². The molecule has 1 aliphatic rings. The van der Waals surface area contributed by atoms with Crippen molar-refractivity contribution in [2.45, 2.75) is 57.3 Å². The molecule has 0 radical (unpaired) electrons. The number of ether oxygens (including phenoxy) is 1. The predicted molar refractivity (Wildman–Crippen MR) is 70.7 cm³/mol. The summed E-state index contributed by atoms with van der Waals surface area (Å²) in [5.41, 5.74) is 6.54. The van der Waals surface area contributed by atoms with Crippen LogP contribution in [-0.4, -0.2) is 12.1 Å². The smallest absolute Gasteiger partial charge is 0.129 e. The van der Waals surface area contributed by atoms with Crippen LogP contribution in [0.3, 0.4) is 0 Å². The van der Waals surface area contributed by atoms with Crippen molar-refractivity contribution >= 4 is 0 Å². The molecule has 1 aliphatic carbocycles. The third-order valence-electron chi connectivity index (χ3n) is 3.58. The first-order valence-corrected chi connectivity index (χ1v) is 6.84. The van der Waals surface area contributed by atoms with Gasteiger partial charge in [-0.2, -0.15) is 0 Å². The molecule has 0 bridgehead atoms. The number of rotatable bonds is 4. The van der Waals surface area contributed by atoms with Gasteiger partial charge in [-0.25, -0.2) is 4.39 Å². The van der Waals surface area contributed by atoms with Gasteiger partial charge in [0.25, 0.3) is 0 Å². The zero-order chi connectivity index (χ0) is 13.0. The van der Waals surface area contributed by atoms with Crippen LogP contribution in [0.2, 0.25) is 0 Å². The molecule has 2 unspecified atom stereocenters. The van der Waals surface area contributed by atoms with Crippen LogP contribution in [0.15, 0.2) is 24.3 Å². The van der Waals surface area contributed by atoms with Gasteiger partial charge in [0.1, 0.15) is 11.9 Å². The molecule has 0 saturated heterocycles. The standard InChI is InChI=1S/C15H22FNO/c1-11(17)15(13-9-5-6-10-14(13)16)18-12-7-3-2-4-8-12/h5-6,9-12,15H,2-4,7-8,17H2,1H3. The van der Waals surface area contributed by atoms with E-state index < -0.39 is 0 Å². The lowest BCUT2D eigenvalue weighted by Crippen LogP contribution is -2.31. The summed E-state index contributed by atoms with van der Waals surface area (Å²) in [7, 11) is 0. The maximum Gasteiger partial charge on any atom is 0.129 e. The van der Waals surface area contributed by atoms with Crippen molar-refractivity contribution in [1.29, 1.82) is 0 Å². The number of nitrogens with two attached hydrogens (primary N) is 1. The van der Waals surface area contributed by atoms with E-state index in [2.05, 4.69) is 0 Å². The third-order valence-corrected chi connectivity index (χ3v) is 3.58. The average molecular weight is 251 g/mol. The Morgan fingerprint density at radius 2 is 1.89 bits per heavy atom. The van der Waals surface area contributed by atoms with E-state index >= 15 is 0 Å². The van der Waals surface area contributed by atoms with Gasteiger partial charge < -0.3 is 10.5 Å². The molecule has 2 N–H and O–H groups in total. The summed E-state index contributed by atoms with van der Waals surface area (Å²) in [5, 5.41) is 0. The summed E-state index contributed by atoms with van der Waals surface area (Å²) < 4.78 is 19.9. The predicted octanol–water partition coefficient (Wildman–Crippen LogP) is 3.56. The molecule has 1 aromatic rings. The minimum atomic E-state index is -0.339. The van der Waals surface area contributed by atoms with E-state index in [1.165, 1.54) is 25.3 Å². The first kappa shape index (κ1) is 13.5. The van der Waals surface area contributed by atoms with E-state index in [9.17, 15) is 4.39 Å². The molecular weight excluding hydrogens is 229 g/mol. The van der Waals surface area contributed by atoms with Crippen LogP contribution in [0.25, 0.3) is 0 Å². The van der Waals surface area contributed by atoms with Gasteiger partial charge in [-0.15, -0.1) is 0 Å². The lowest BCUT2D eigenvalue weighted by Gasteiger charge is -2.30. The quantitative estimate of drug-likeness (QED) is 0.888. The van der Waals surface area contributed by atoms with Crippen molar-refractivity contribution in [3.05, 3.63) is 35.6 Å². The molecule has 3 heteroatoms. The molecule has 0 aliphatic heterocycles. The highest BCUT2D eigenvalue weighted by Gasteiger charge is 2.25. The molecule has 1 saturated carbocycles. The van der Waals surface area contributed by atoms with Crippen molar-refractivity contribution in [3.63, 3.8) is 0 Å². The monoisotopic (exact) mass is 251 g/mol. The Morgan fingerprint density at radius 1 is 1.22 bits per heavy atom.